The Kier molecular flexibility index (Phi) is 6.73. The molecule has 0 aliphatic rings. The Hall–Kier alpha value is -2.17. The number of pyridine rings is 1. The molecule has 2 aromatic rings. The van der Waals surface area contributed by atoms with Gasteiger partial charge in [0.05, 0.1) is 12.1 Å². The standard InChI is InChI=1S/C20H29NO4/c1-4-5-6-7-8-9-12-25-15-10-11-16-17(13-15)21(14(2)3)20(24)19(23)18(16)22/h10-11,13-14,22-23H,4-9,12H2,1-3H3. The van der Waals surface area contributed by atoms with Gasteiger partial charge in [-0.2, -0.15) is 0 Å². The molecule has 2 rings (SSSR count). The Morgan fingerprint density at radius 1 is 1.04 bits per heavy atom. The van der Waals surface area contributed by atoms with E-state index >= 15 is 0 Å². The maximum Gasteiger partial charge on any atom is 0.297 e. The SMILES string of the molecule is CCCCCCCCOc1ccc2c(O)c(O)c(=O)n(C(C)C)c2c1. The first-order chi connectivity index (χ1) is 12.0. The molecule has 25 heavy (non-hydrogen) atoms. The summed E-state index contributed by atoms with van der Waals surface area (Å²) in [6, 6.07) is 5.05. The molecule has 0 amide bonds. The zero-order valence-corrected chi connectivity index (χ0v) is 15.4. The smallest absolute Gasteiger partial charge is 0.297 e. The molecular weight excluding hydrogens is 318 g/mol. The number of aromatic nitrogens is 1. The molecule has 0 radical (unpaired) electrons. The number of hydrogen-bond donors (Lipinski definition) is 2. The average molecular weight is 347 g/mol. The number of nitrogens with zero attached hydrogens (tertiary/aromatic N) is 1. The van der Waals surface area contributed by atoms with E-state index in [2.05, 4.69) is 6.92 Å². The van der Waals surface area contributed by atoms with Crippen LogP contribution in [0.4, 0.5) is 0 Å². The van der Waals surface area contributed by atoms with Crippen LogP contribution in [-0.4, -0.2) is 21.4 Å². The summed E-state index contributed by atoms with van der Waals surface area (Å²) in [7, 11) is 0. The number of fused-ring (bicyclic) bond motifs is 1. The summed E-state index contributed by atoms with van der Waals surface area (Å²) in [5.74, 6) is -0.318. The van der Waals surface area contributed by atoms with Gasteiger partial charge in [-0.25, -0.2) is 0 Å². The minimum Gasteiger partial charge on any atom is -0.504 e. The molecule has 1 heterocycles. The topological polar surface area (TPSA) is 71.7 Å². The Bertz CT molecular complexity index is 764. The summed E-state index contributed by atoms with van der Waals surface area (Å²) >= 11 is 0. The van der Waals surface area contributed by atoms with Crippen molar-refractivity contribution in [2.45, 2.75) is 65.3 Å². The first-order valence-electron chi connectivity index (χ1n) is 9.20. The van der Waals surface area contributed by atoms with Gasteiger partial charge in [0.25, 0.3) is 5.56 Å². The van der Waals surface area contributed by atoms with E-state index < -0.39 is 11.3 Å². The van der Waals surface area contributed by atoms with Crippen LogP contribution < -0.4 is 10.3 Å². The van der Waals surface area contributed by atoms with Gasteiger partial charge in [-0.3, -0.25) is 4.79 Å². The van der Waals surface area contributed by atoms with Crippen LogP contribution in [0.1, 0.15) is 65.3 Å². The Morgan fingerprint density at radius 2 is 1.72 bits per heavy atom. The molecule has 5 heteroatoms. The van der Waals surface area contributed by atoms with Crippen LogP contribution in [0.15, 0.2) is 23.0 Å². The van der Waals surface area contributed by atoms with Crippen molar-refractivity contribution < 1.29 is 14.9 Å². The second-order valence-electron chi connectivity index (χ2n) is 6.76. The molecule has 0 aliphatic carbocycles. The molecule has 5 nitrogen and oxygen atoms in total. The van der Waals surface area contributed by atoms with Crippen molar-refractivity contribution in [2.75, 3.05) is 6.61 Å². The first-order valence-corrected chi connectivity index (χ1v) is 9.20. The van der Waals surface area contributed by atoms with Crippen molar-refractivity contribution in [3.8, 4) is 17.2 Å². The van der Waals surface area contributed by atoms with Gasteiger partial charge in [0, 0.05) is 17.5 Å². The Labute approximate surface area is 148 Å². The molecule has 0 atom stereocenters. The highest BCUT2D eigenvalue weighted by molar-refractivity contribution is 5.88. The number of benzene rings is 1. The van der Waals surface area contributed by atoms with E-state index in [9.17, 15) is 15.0 Å². The predicted octanol–water partition coefficient (Wildman–Crippen LogP) is 4.73. The van der Waals surface area contributed by atoms with Crippen LogP contribution in [0, 0.1) is 0 Å². The third-order valence-electron chi connectivity index (χ3n) is 4.41. The zero-order chi connectivity index (χ0) is 18.4. The van der Waals surface area contributed by atoms with Gasteiger partial charge in [0.15, 0.2) is 5.75 Å². The lowest BCUT2D eigenvalue weighted by Gasteiger charge is -2.17. The largest absolute Gasteiger partial charge is 0.504 e. The van der Waals surface area contributed by atoms with E-state index in [0.29, 0.717) is 23.3 Å². The summed E-state index contributed by atoms with van der Waals surface area (Å²) in [5, 5.41) is 20.3. The summed E-state index contributed by atoms with van der Waals surface area (Å²) in [4.78, 5) is 12.3. The molecule has 1 aromatic heterocycles. The van der Waals surface area contributed by atoms with Crippen molar-refractivity contribution in [3.63, 3.8) is 0 Å². The maximum atomic E-state index is 12.3. The van der Waals surface area contributed by atoms with Crippen LogP contribution in [-0.2, 0) is 0 Å². The molecule has 0 spiro atoms. The summed E-state index contributed by atoms with van der Waals surface area (Å²) in [6.07, 6.45) is 7.19. The predicted molar refractivity (Wildman–Crippen MR) is 101 cm³/mol. The molecule has 0 saturated carbocycles. The molecule has 2 N–H and O–H groups in total. The Balaban J connectivity index is 2.14. The van der Waals surface area contributed by atoms with Gasteiger partial charge in [-0.15, -0.1) is 0 Å². The molecule has 0 fully saturated rings. The fraction of sp³-hybridized carbons (Fsp3) is 0.550. The molecule has 0 saturated heterocycles. The van der Waals surface area contributed by atoms with Crippen molar-refractivity contribution in [1.29, 1.82) is 0 Å². The van der Waals surface area contributed by atoms with Gasteiger partial charge >= 0.3 is 0 Å². The highest BCUT2D eigenvalue weighted by Gasteiger charge is 2.17. The summed E-state index contributed by atoms with van der Waals surface area (Å²) in [5.41, 5.74) is -0.0242. The third-order valence-corrected chi connectivity index (χ3v) is 4.41. The number of rotatable bonds is 9. The van der Waals surface area contributed by atoms with E-state index in [-0.39, 0.29) is 11.8 Å². The molecular formula is C20H29NO4. The highest BCUT2D eigenvalue weighted by Crippen LogP contribution is 2.33. The number of ether oxygens (including phenoxy) is 1. The van der Waals surface area contributed by atoms with Crippen LogP contribution in [0.25, 0.3) is 10.9 Å². The van der Waals surface area contributed by atoms with Crippen LogP contribution in [0.5, 0.6) is 17.2 Å². The van der Waals surface area contributed by atoms with E-state index in [1.807, 2.05) is 13.8 Å². The van der Waals surface area contributed by atoms with E-state index in [0.717, 1.165) is 12.8 Å². The van der Waals surface area contributed by atoms with Crippen LogP contribution >= 0.6 is 0 Å². The van der Waals surface area contributed by atoms with Gasteiger partial charge in [0.1, 0.15) is 5.75 Å². The maximum absolute atomic E-state index is 12.3. The third kappa shape index (κ3) is 4.47. The van der Waals surface area contributed by atoms with Crippen molar-refractivity contribution in [2.24, 2.45) is 0 Å². The quantitative estimate of drug-likeness (QED) is 0.643. The molecule has 1 aromatic carbocycles. The van der Waals surface area contributed by atoms with E-state index in [4.69, 9.17) is 4.74 Å². The first kappa shape index (κ1) is 19.2. The number of aromatic hydroxyl groups is 2. The second-order valence-corrected chi connectivity index (χ2v) is 6.76. The highest BCUT2D eigenvalue weighted by atomic mass is 16.5. The van der Waals surface area contributed by atoms with Gasteiger partial charge in [-0.05, 0) is 32.4 Å². The molecule has 0 aliphatic heterocycles. The minimum absolute atomic E-state index is 0.143. The van der Waals surface area contributed by atoms with Crippen molar-refractivity contribution >= 4 is 10.9 Å². The fourth-order valence-corrected chi connectivity index (χ4v) is 3.04. The average Bonchev–Trinajstić information content (AvgIpc) is 2.58. The minimum atomic E-state index is -0.609. The normalized spacial score (nSPS) is 11.4. The fourth-order valence-electron chi connectivity index (χ4n) is 3.04. The number of hydrogen-bond acceptors (Lipinski definition) is 4. The van der Waals surface area contributed by atoms with E-state index in [1.165, 1.54) is 30.3 Å². The molecule has 0 bridgehead atoms. The molecule has 0 unspecified atom stereocenters. The summed E-state index contributed by atoms with van der Waals surface area (Å²) < 4.78 is 7.28. The van der Waals surface area contributed by atoms with Gasteiger partial charge < -0.3 is 19.5 Å². The number of unbranched alkanes of at least 4 members (excludes halogenated alkanes) is 5. The zero-order valence-electron chi connectivity index (χ0n) is 15.4. The lowest BCUT2D eigenvalue weighted by Crippen LogP contribution is -2.22. The van der Waals surface area contributed by atoms with E-state index in [1.54, 1.807) is 18.2 Å². The van der Waals surface area contributed by atoms with Crippen LogP contribution in [0.2, 0.25) is 0 Å². The monoisotopic (exact) mass is 347 g/mol. The molecule has 138 valence electrons. The Morgan fingerprint density at radius 3 is 2.40 bits per heavy atom. The van der Waals surface area contributed by atoms with Gasteiger partial charge in [-0.1, -0.05) is 39.0 Å². The van der Waals surface area contributed by atoms with Crippen molar-refractivity contribution in [3.05, 3.63) is 28.6 Å². The lowest BCUT2D eigenvalue weighted by atomic mass is 10.1. The van der Waals surface area contributed by atoms with Crippen molar-refractivity contribution in [1.82, 2.24) is 4.57 Å². The summed E-state index contributed by atoms with van der Waals surface area (Å²) in [6.45, 7) is 6.56. The lowest BCUT2D eigenvalue weighted by molar-refractivity contribution is 0.304. The van der Waals surface area contributed by atoms with Crippen LogP contribution in [0.3, 0.4) is 0 Å². The van der Waals surface area contributed by atoms with Gasteiger partial charge in [0.2, 0.25) is 5.75 Å². The second kappa shape index (κ2) is 8.79.